The van der Waals surface area contributed by atoms with Crippen molar-refractivity contribution in [1.82, 2.24) is 4.98 Å². The van der Waals surface area contributed by atoms with Crippen molar-refractivity contribution in [3.63, 3.8) is 0 Å². The number of hydrogen-bond acceptors (Lipinski definition) is 5. The van der Waals surface area contributed by atoms with Crippen molar-refractivity contribution in [3.8, 4) is 0 Å². The molecule has 4 rings (SSSR count). The summed E-state index contributed by atoms with van der Waals surface area (Å²) in [4.78, 5) is 17.2. The highest BCUT2D eigenvalue weighted by molar-refractivity contribution is 9.10. The van der Waals surface area contributed by atoms with E-state index < -0.39 is 15.8 Å². The van der Waals surface area contributed by atoms with Crippen LogP contribution in [0.3, 0.4) is 0 Å². The molecule has 0 fully saturated rings. The van der Waals surface area contributed by atoms with Crippen LogP contribution in [-0.4, -0.2) is 25.0 Å². The van der Waals surface area contributed by atoms with Crippen molar-refractivity contribution in [3.05, 3.63) is 88.4 Å². The Bertz CT molecular complexity index is 1260. The molecule has 1 aromatic heterocycles. The summed E-state index contributed by atoms with van der Waals surface area (Å²) in [5.74, 6) is -1.25. The second-order valence-electron chi connectivity index (χ2n) is 7.00. The smallest absolute Gasteiger partial charge is 0.286 e. The lowest BCUT2D eigenvalue weighted by atomic mass is 9.90. The van der Waals surface area contributed by atoms with E-state index in [4.69, 9.17) is 0 Å². The van der Waals surface area contributed by atoms with E-state index in [0.29, 0.717) is 16.6 Å². The number of hydrogen-bond donors (Lipinski definition) is 1. The topological polar surface area (TPSA) is 88.5 Å². The Labute approximate surface area is 187 Å². The van der Waals surface area contributed by atoms with Gasteiger partial charge in [-0.1, -0.05) is 34.1 Å². The summed E-state index contributed by atoms with van der Waals surface area (Å²) in [6.07, 6.45) is 2.04. The summed E-state index contributed by atoms with van der Waals surface area (Å²) in [7, 11) is -3.99. The first kappa shape index (κ1) is 21.3. The van der Waals surface area contributed by atoms with Crippen LogP contribution in [0.1, 0.15) is 30.0 Å². The molecular weight excluding hydrogens is 485 g/mol. The summed E-state index contributed by atoms with van der Waals surface area (Å²) >= 11 is 3.24. The number of pyridine rings is 1. The molecular formula is C22H17BrFN3O3S. The highest BCUT2D eigenvalue weighted by atomic mass is 79.9. The molecule has 1 N–H and O–H groups in total. The molecule has 0 saturated heterocycles. The van der Waals surface area contributed by atoms with Crippen LogP contribution in [0.4, 0.5) is 10.1 Å². The molecule has 1 unspecified atom stereocenters. The summed E-state index contributed by atoms with van der Waals surface area (Å²) in [6, 6.07) is 16.2. The first-order valence-electron chi connectivity index (χ1n) is 9.44. The minimum Gasteiger partial charge on any atom is -0.335 e. The van der Waals surface area contributed by atoms with Gasteiger partial charge in [0.15, 0.2) is 11.6 Å². The number of anilines is 1. The van der Waals surface area contributed by atoms with E-state index in [9.17, 15) is 17.6 Å². The number of amidine groups is 1. The summed E-state index contributed by atoms with van der Waals surface area (Å²) in [6.45, 7) is 0. The molecule has 158 valence electrons. The number of nitrogens with zero attached hydrogens (tertiary/aromatic N) is 2. The van der Waals surface area contributed by atoms with Gasteiger partial charge in [-0.15, -0.1) is 4.40 Å². The van der Waals surface area contributed by atoms with Gasteiger partial charge in [-0.25, -0.2) is 4.39 Å². The number of carbonyl (C=O) groups excluding carboxylic acids is 1. The van der Waals surface area contributed by atoms with Crippen LogP contribution in [0.15, 0.2) is 80.6 Å². The third-order valence-corrected chi connectivity index (χ3v) is 6.74. The average molecular weight is 502 g/mol. The Kier molecular flexibility index (Phi) is 5.97. The van der Waals surface area contributed by atoms with Gasteiger partial charge in [0, 0.05) is 28.7 Å². The normalized spacial score (nSPS) is 15.4. The van der Waals surface area contributed by atoms with Crippen LogP contribution in [0.25, 0.3) is 0 Å². The molecule has 2 heterocycles. The molecule has 1 atom stereocenters. The van der Waals surface area contributed by atoms with Crippen molar-refractivity contribution in [2.75, 3.05) is 5.32 Å². The number of benzene rings is 2. The van der Waals surface area contributed by atoms with E-state index in [2.05, 4.69) is 30.6 Å². The van der Waals surface area contributed by atoms with E-state index >= 15 is 0 Å². The monoisotopic (exact) mass is 501 g/mol. The number of carbonyl (C=O) groups is 1. The van der Waals surface area contributed by atoms with Gasteiger partial charge in [0.1, 0.15) is 10.7 Å². The van der Waals surface area contributed by atoms with Crippen molar-refractivity contribution >= 4 is 43.3 Å². The molecule has 1 aliphatic rings. The first-order chi connectivity index (χ1) is 14.8. The largest absolute Gasteiger partial charge is 0.335 e. The number of sulfonamides is 1. The van der Waals surface area contributed by atoms with E-state index in [1.807, 2.05) is 12.1 Å². The molecule has 0 radical (unpaired) electrons. The van der Waals surface area contributed by atoms with Gasteiger partial charge in [0.05, 0.1) is 5.69 Å². The Balaban J connectivity index is 1.57. The summed E-state index contributed by atoms with van der Waals surface area (Å²) in [5.41, 5.74) is 1.86. The van der Waals surface area contributed by atoms with E-state index in [1.165, 1.54) is 18.2 Å². The first-order valence-corrected chi connectivity index (χ1v) is 11.7. The lowest BCUT2D eigenvalue weighted by molar-refractivity contribution is -0.113. The van der Waals surface area contributed by atoms with Gasteiger partial charge in [-0.2, -0.15) is 8.42 Å². The summed E-state index contributed by atoms with van der Waals surface area (Å²) in [5, 5.41) is 2.83. The molecule has 6 nitrogen and oxygen atoms in total. The Morgan fingerprint density at radius 2 is 1.87 bits per heavy atom. The van der Waals surface area contributed by atoms with Gasteiger partial charge in [0.25, 0.3) is 10.0 Å². The van der Waals surface area contributed by atoms with Gasteiger partial charge in [-0.3, -0.25) is 9.78 Å². The maximum Gasteiger partial charge on any atom is 0.286 e. The van der Waals surface area contributed by atoms with Crippen molar-refractivity contribution in [1.29, 1.82) is 0 Å². The van der Waals surface area contributed by atoms with Crippen LogP contribution >= 0.6 is 15.9 Å². The second-order valence-corrected chi connectivity index (χ2v) is 9.49. The summed E-state index contributed by atoms with van der Waals surface area (Å²) < 4.78 is 42.7. The van der Waals surface area contributed by atoms with Crippen LogP contribution in [-0.2, 0) is 14.8 Å². The fourth-order valence-corrected chi connectivity index (χ4v) is 5.08. The average Bonchev–Trinajstić information content (AvgIpc) is 2.76. The number of rotatable bonds is 6. The highest BCUT2D eigenvalue weighted by Crippen LogP contribution is 2.31. The highest BCUT2D eigenvalue weighted by Gasteiger charge is 2.29. The number of aromatic nitrogens is 1. The molecule has 0 amide bonds. The molecule has 0 bridgehead atoms. The van der Waals surface area contributed by atoms with Gasteiger partial charge >= 0.3 is 0 Å². The molecule has 0 saturated carbocycles. The van der Waals surface area contributed by atoms with E-state index in [0.717, 1.165) is 11.3 Å². The van der Waals surface area contributed by atoms with Crippen LogP contribution in [0, 0.1) is 5.82 Å². The molecule has 31 heavy (non-hydrogen) atoms. The van der Waals surface area contributed by atoms with Crippen LogP contribution < -0.4 is 5.32 Å². The zero-order valence-electron chi connectivity index (χ0n) is 16.1. The zero-order valence-corrected chi connectivity index (χ0v) is 18.5. The number of fused-ring (bicyclic) bond motifs is 1. The molecule has 0 spiro atoms. The lowest BCUT2D eigenvalue weighted by Crippen LogP contribution is -2.29. The fourth-order valence-electron chi connectivity index (χ4n) is 3.41. The molecule has 0 aliphatic carbocycles. The van der Waals surface area contributed by atoms with Gasteiger partial charge < -0.3 is 5.32 Å². The quantitative estimate of drug-likeness (QED) is 0.529. The predicted molar refractivity (Wildman–Crippen MR) is 119 cm³/mol. The number of ketones is 1. The molecule has 9 heteroatoms. The number of nitrogens with one attached hydrogen (secondary N) is 1. The van der Waals surface area contributed by atoms with Crippen molar-refractivity contribution in [2.24, 2.45) is 4.40 Å². The Morgan fingerprint density at radius 3 is 2.58 bits per heavy atom. The standard InChI is InChI=1S/C22H17BrFN3O3S/c23-15-6-10-19-21(13-15)31(29,30)27-22(26-19)20(28)11-9-17(18-3-1-2-12-25-18)14-4-7-16(24)8-5-14/h1-8,10,12-13,17H,9,11H2,(H,26,27). The lowest BCUT2D eigenvalue weighted by Gasteiger charge is -2.19. The Hall–Kier alpha value is -2.91. The molecule has 3 aromatic rings. The SMILES string of the molecule is O=C(CCC(c1ccc(F)cc1)c1ccccn1)C1=NS(=O)(=O)c2cc(Br)ccc2N1. The van der Waals surface area contributed by atoms with Crippen molar-refractivity contribution in [2.45, 2.75) is 23.7 Å². The second kappa shape index (κ2) is 8.68. The van der Waals surface area contributed by atoms with E-state index in [1.54, 1.807) is 36.5 Å². The minimum atomic E-state index is -3.99. The third-order valence-electron chi connectivity index (χ3n) is 4.93. The fraction of sp³-hybridized carbons (Fsp3) is 0.136. The molecule has 1 aliphatic heterocycles. The predicted octanol–water partition coefficient (Wildman–Crippen LogP) is 4.68. The van der Waals surface area contributed by atoms with E-state index in [-0.39, 0.29) is 28.9 Å². The van der Waals surface area contributed by atoms with Crippen molar-refractivity contribution < 1.29 is 17.6 Å². The Morgan fingerprint density at radius 1 is 1.10 bits per heavy atom. The third kappa shape index (κ3) is 4.72. The van der Waals surface area contributed by atoms with Gasteiger partial charge in [-0.05, 0) is 54.4 Å². The molecule has 2 aromatic carbocycles. The maximum absolute atomic E-state index is 13.4. The number of halogens is 2. The van der Waals surface area contributed by atoms with Crippen LogP contribution in [0.2, 0.25) is 0 Å². The van der Waals surface area contributed by atoms with Gasteiger partial charge in [0.2, 0.25) is 0 Å². The van der Waals surface area contributed by atoms with Crippen LogP contribution in [0.5, 0.6) is 0 Å². The zero-order chi connectivity index (χ0) is 22.0. The minimum absolute atomic E-state index is 0.0103. The number of Topliss-reactive ketones (excluding diaryl/α,β-unsaturated/α-hetero) is 1. The maximum atomic E-state index is 13.4.